The summed E-state index contributed by atoms with van der Waals surface area (Å²) < 4.78 is 33.5. The predicted octanol–water partition coefficient (Wildman–Crippen LogP) is 3.42. The van der Waals surface area contributed by atoms with Gasteiger partial charge in [0.15, 0.2) is 11.6 Å². The zero-order valence-corrected chi connectivity index (χ0v) is 15.9. The van der Waals surface area contributed by atoms with Crippen molar-refractivity contribution in [2.75, 3.05) is 10.0 Å². The summed E-state index contributed by atoms with van der Waals surface area (Å²) in [5.41, 5.74) is 1.46. The SMILES string of the molecule is CC(=O)Nc1ccc(S(=O)(=O)Nc2ncccc2OCc2ccccc2)cc1. The summed E-state index contributed by atoms with van der Waals surface area (Å²) >= 11 is 0. The van der Waals surface area contributed by atoms with Crippen LogP contribution < -0.4 is 14.8 Å². The molecule has 1 amide bonds. The van der Waals surface area contributed by atoms with Crippen molar-refractivity contribution in [2.45, 2.75) is 18.4 Å². The molecule has 2 aromatic carbocycles. The Balaban J connectivity index is 1.76. The van der Waals surface area contributed by atoms with E-state index in [4.69, 9.17) is 4.74 Å². The molecule has 1 heterocycles. The summed E-state index contributed by atoms with van der Waals surface area (Å²) in [4.78, 5) is 15.2. The average Bonchev–Trinajstić information content (AvgIpc) is 2.68. The molecule has 2 N–H and O–H groups in total. The first-order valence-electron chi connectivity index (χ1n) is 8.46. The fourth-order valence-electron chi connectivity index (χ4n) is 2.43. The molecule has 1 aromatic heterocycles. The van der Waals surface area contributed by atoms with E-state index in [-0.39, 0.29) is 23.2 Å². The maximum absolute atomic E-state index is 12.7. The molecule has 0 atom stereocenters. The van der Waals surface area contributed by atoms with E-state index in [0.29, 0.717) is 11.4 Å². The molecule has 0 saturated heterocycles. The van der Waals surface area contributed by atoms with E-state index in [9.17, 15) is 13.2 Å². The van der Waals surface area contributed by atoms with Crippen LogP contribution in [-0.2, 0) is 21.4 Å². The number of rotatable bonds is 7. The molecule has 28 heavy (non-hydrogen) atoms. The first kappa shape index (κ1) is 19.4. The van der Waals surface area contributed by atoms with Crippen molar-refractivity contribution < 1.29 is 17.9 Å². The number of ether oxygens (including phenoxy) is 1. The number of benzene rings is 2. The highest BCUT2D eigenvalue weighted by Gasteiger charge is 2.17. The number of hydrogen-bond acceptors (Lipinski definition) is 5. The summed E-state index contributed by atoms with van der Waals surface area (Å²) in [5.74, 6) is 0.191. The third kappa shape index (κ3) is 5.08. The van der Waals surface area contributed by atoms with Crippen molar-refractivity contribution in [3.8, 4) is 5.75 Å². The van der Waals surface area contributed by atoms with Gasteiger partial charge in [0.1, 0.15) is 6.61 Å². The van der Waals surface area contributed by atoms with Crippen LogP contribution in [-0.4, -0.2) is 19.3 Å². The normalized spacial score (nSPS) is 10.9. The maximum atomic E-state index is 12.7. The molecule has 0 fully saturated rings. The van der Waals surface area contributed by atoms with Crippen molar-refractivity contribution >= 4 is 27.4 Å². The largest absolute Gasteiger partial charge is 0.485 e. The average molecular weight is 397 g/mol. The van der Waals surface area contributed by atoms with Crippen LogP contribution in [0.1, 0.15) is 12.5 Å². The quantitative estimate of drug-likeness (QED) is 0.637. The smallest absolute Gasteiger partial charge is 0.263 e. The van der Waals surface area contributed by atoms with Crippen LogP contribution in [0.5, 0.6) is 5.75 Å². The van der Waals surface area contributed by atoms with Crippen LogP contribution in [0, 0.1) is 0 Å². The van der Waals surface area contributed by atoms with Gasteiger partial charge in [-0.15, -0.1) is 0 Å². The molecule has 0 aliphatic carbocycles. The lowest BCUT2D eigenvalue weighted by Gasteiger charge is -2.13. The lowest BCUT2D eigenvalue weighted by Crippen LogP contribution is -2.15. The molecule has 0 aliphatic rings. The molecule has 3 aromatic rings. The molecule has 3 rings (SSSR count). The van der Waals surface area contributed by atoms with Crippen molar-refractivity contribution in [3.63, 3.8) is 0 Å². The van der Waals surface area contributed by atoms with E-state index in [1.54, 1.807) is 12.1 Å². The number of amides is 1. The van der Waals surface area contributed by atoms with Gasteiger partial charge in [-0.2, -0.15) is 0 Å². The van der Waals surface area contributed by atoms with Crippen LogP contribution >= 0.6 is 0 Å². The highest BCUT2D eigenvalue weighted by molar-refractivity contribution is 7.92. The Hall–Kier alpha value is -3.39. The minimum absolute atomic E-state index is 0.0428. The van der Waals surface area contributed by atoms with Crippen molar-refractivity contribution in [1.29, 1.82) is 0 Å². The Morgan fingerprint density at radius 3 is 2.39 bits per heavy atom. The van der Waals surface area contributed by atoms with Gasteiger partial charge in [-0.3, -0.25) is 9.52 Å². The van der Waals surface area contributed by atoms with E-state index >= 15 is 0 Å². The second-order valence-electron chi connectivity index (χ2n) is 5.94. The van der Waals surface area contributed by atoms with Crippen LogP contribution in [0.4, 0.5) is 11.5 Å². The van der Waals surface area contributed by atoms with Crippen molar-refractivity contribution in [3.05, 3.63) is 78.5 Å². The third-order valence-corrected chi connectivity index (χ3v) is 5.08. The molecule has 0 aliphatic heterocycles. The fraction of sp³-hybridized carbons (Fsp3) is 0.100. The van der Waals surface area contributed by atoms with Gasteiger partial charge in [0.25, 0.3) is 10.0 Å². The molecule has 0 spiro atoms. The van der Waals surface area contributed by atoms with E-state index in [1.165, 1.54) is 37.4 Å². The first-order valence-corrected chi connectivity index (χ1v) is 9.94. The second-order valence-corrected chi connectivity index (χ2v) is 7.62. The number of hydrogen-bond donors (Lipinski definition) is 2. The number of nitrogens with one attached hydrogen (secondary N) is 2. The first-order chi connectivity index (χ1) is 13.4. The lowest BCUT2D eigenvalue weighted by molar-refractivity contribution is -0.114. The Labute approximate surface area is 163 Å². The van der Waals surface area contributed by atoms with Crippen LogP contribution in [0.3, 0.4) is 0 Å². The number of pyridine rings is 1. The van der Waals surface area contributed by atoms with Crippen LogP contribution in [0.25, 0.3) is 0 Å². The lowest BCUT2D eigenvalue weighted by atomic mass is 10.2. The summed E-state index contributed by atoms with van der Waals surface area (Å²) in [7, 11) is -3.87. The second kappa shape index (κ2) is 8.53. The van der Waals surface area contributed by atoms with Gasteiger partial charge in [0.2, 0.25) is 5.91 Å². The Kier molecular flexibility index (Phi) is 5.90. The molecule has 7 nitrogen and oxygen atoms in total. The molecule has 0 radical (unpaired) electrons. The maximum Gasteiger partial charge on any atom is 0.263 e. The standard InChI is InChI=1S/C20H19N3O4S/c1-15(24)22-17-9-11-18(12-10-17)28(25,26)23-20-19(8-5-13-21-20)27-14-16-6-3-2-4-7-16/h2-13H,14H2,1H3,(H,21,23)(H,22,24). The Morgan fingerprint density at radius 1 is 1.00 bits per heavy atom. The minimum atomic E-state index is -3.87. The molecule has 0 bridgehead atoms. The van der Waals surface area contributed by atoms with Gasteiger partial charge >= 0.3 is 0 Å². The van der Waals surface area contributed by atoms with Crippen molar-refractivity contribution in [2.24, 2.45) is 0 Å². The summed E-state index contributed by atoms with van der Waals surface area (Å²) in [5, 5.41) is 2.59. The highest BCUT2D eigenvalue weighted by atomic mass is 32.2. The van der Waals surface area contributed by atoms with E-state index in [2.05, 4.69) is 15.0 Å². The highest BCUT2D eigenvalue weighted by Crippen LogP contribution is 2.25. The predicted molar refractivity (Wildman–Crippen MR) is 107 cm³/mol. The van der Waals surface area contributed by atoms with E-state index < -0.39 is 10.0 Å². The van der Waals surface area contributed by atoms with Gasteiger partial charge < -0.3 is 10.1 Å². The van der Waals surface area contributed by atoms with Crippen molar-refractivity contribution in [1.82, 2.24) is 4.98 Å². The zero-order valence-electron chi connectivity index (χ0n) is 15.1. The molecular formula is C20H19N3O4S. The number of carbonyl (C=O) groups excluding carboxylic acids is 1. The molecule has 0 saturated carbocycles. The van der Waals surface area contributed by atoms with Crippen LogP contribution in [0.2, 0.25) is 0 Å². The monoisotopic (exact) mass is 397 g/mol. The zero-order chi connectivity index (χ0) is 20.0. The topological polar surface area (TPSA) is 97.4 Å². The molecule has 8 heteroatoms. The number of aromatic nitrogens is 1. The molecular weight excluding hydrogens is 378 g/mol. The van der Waals surface area contributed by atoms with Crippen LogP contribution in [0.15, 0.2) is 77.8 Å². The van der Waals surface area contributed by atoms with Gasteiger partial charge in [0.05, 0.1) is 4.90 Å². The number of carbonyl (C=O) groups is 1. The van der Waals surface area contributed by atoms with Gasteiger partial charge in [-0.25, -0.2) is 13.4 Å². The summed E-state index contributed by atoms with van der Waals surface area (Å²) in [6.07, 6.45) is 1.48. The molecule has 0 unspecified atom stereocenters. The number of nitrogens with zero attached hydrogens (tertiary/aromatic N) is 1. The number of sulfonamides is 1. The van der Waals surface area contributed by atoms with E-state index in [1.807, 2.05) is 30.3 Å². The third-order valence-electron chi connectivity index (χ3n) is 3.72. The number of anilines is 2. The summed E-state index contributed by atoms with van der Waals surface area (Å²) in [6.45, 7) is 1.66. The van der Waals surface area contributed by atoms with Gasteiger partial charge in [-0.1, -0.05) is 30.3 Å². The van der Waals surface area contributed by atoms with Gasteiger partial charge in [0, 0.05) is 18.8 Å². The Morgan fingerprint density at radius 2 is 1.71 bits per heavy atom. The Bertz CT molecular complexity index is 1050. The fourth-order valence-corrected chi connectivity index (χ4v) is 3.45. The summed E-state index contributed by atoms with van der Waals surface area (Å²) in [6, 6.07) is 18.7. The minimum Gasteiger partial charge on any atom is -0.485 e. The van der Waals surface area contributed by atoms with Gasteiger partial charge in [-0.05, 0) is 42.0 Å². The molecule has 144 valence electrons. The van der Waals surface area contributed by atoms with E-state index in [0.717, 1.165) is 5.56 Å².